The average Bonchev–Trinajstić information content (AvgIpc) is 3.46. The van der Waals surface area contributed by atoms with Gasteiger partial charge >= 0.3 is 0 Å². The maximum Gasteiger partial charge on any atom is 0.234 e. The number of thiazole rings is 1. The van der Waals surface area contributed by atoms with Gasteiger partial charge in [-0.3, -0.25) is 19.4 Å². The van der Waals surface area contributed by atoms with Crippen LogP contribution in [0.5, 0.6) is 0 Å². The number of rotatable bonds is 7. The summed E-state index contributed by atoms with van der Waals surface area (Å²) in [5.41, 5.74) is 2.54. The maximum absolute atomic E-state index is 12.2. The molecule has 2 amide bonds. The van der Waals surface area contributed by atoms with E-state index in [9.17, 15) is 14.7 Å². The summed E-state index contributed by atoms with van der Waals surface area (Å²) in [7, 11) is 0. The van der Waals surface area contributed by atoms with Crippen LogP contribution in [0.3, 0.4) is 0 Å². The molecule has 0 spiro atoms. The Bertz CT molecular complexity index is 1320. The van der Waals surface area contributed by atoms with E-state index >= 15 is 0 Å². The molecule has 1 aromatic carbocycles. The molecule has 2 aliphatic heterocycles. The molecule has 3 fully saturated rings. The molecule has 10 nitrogen and oxygen atoms in total. The van der Waals surface area contributed by atoms with Crippen molar-refractivity contribution in [2.24, 2.45) is 0 Å². The van der Waals surface area contributed by atoms with E-state index in [2.05, 4.69) is 27.7 Å². The highest BCUT2D eigenvalue weighted by Gasteiger charge is 2.30. The lowest BCUT2D eigenvalue weighted by molar-refractivity contribution is -0.121. The number of hydrogen-bond acceptors (Lipinski definition) is 10. The van der Waals surface area contributed by atoms with Crippen molar-refractivity contribution >= 4 is 55.8 Å². The van der Waals surface area contributed by atoms with Crippen molar-refractivity contribution in [1.29, 1.82) is 0 Å². The first-order chi connectivity index (χ1) is 18.5. The highest BCUT2D eigenvalue weighted by Crippen LogP contribution is 2.33. The van der Waals surface area contributed by atoms with Crippen molar-refractivity contribution < 1.29 is 19.4 Å². The molecule has 38 heavy (non-hydrogen) atoms. The van der Waals surface area contributed by atoms with Crippen molar-refractivity contribution in [3.05, 3.63) is 35.9 Å². The third-order valence-electron chi connectivity index (χ3n) is 7.36. The number of fused-ring (bicyclic) bond motifs is 1. The summed E-state index contributed by atoms with van der Waals surface area (Å²) in [6.45, 7) is 4.09. The molecule has 200 valence electrons. The Kier molecular flexibility index (Phi) is 7.24. The van der Waals surface area contributed by atoms with Crippen LogP contribution in [-0.4, -0.2) is 70.2 Å². The van der Waals surface area contributed by atoms with Crippen LogP contribution in [-0.2, 0) is 20.9 Å². The van der Waals surface area contributed by atoms with Crippen LogP contribution < -0.4 is 15.5 Å². The van der Waals surface area contributed by atoms with Crippen LogP contribution in [0.1, 0.15) is 44.1 Å². The monoisotopic (exact) mass is 536 g/mol. The normalized spacial score (nSPS) is 22.8. The second-order valence-electron chi connectivity index (χ2n) is 10.2. The second kappa shape index (κ2) is 10.9. The highest BCUT2D eigenvalue weighted by molar-refractivity contribution is 7.22. The lowest BCUT2D eigenvalue weighted by atomic mass is 9.93. The number of aromatic nitrogens is 2. The Balaban J connectivity index is 1.24. The van der Waals surface area contributed by atoms with Crippen LogP contribution in [0.2, 0.25) is 0 Å². The van der Waals surface area contributed by atoms with Gasteiger partial charge in [0.05, 0.1) is 35.2 Å². The van der Waals surface area contributed by atoms with E-state index in [4.69, 9.17) is 14.7 Å². The van der Waals surface area contributed by atoms with E-state index in [1.807, 2.05) is 12.1 Å². The number of amides is 2. The number of pyridine rings is 1. The summed E-state index contributed by atoms with van der Waals surface area (Å²) in [6, 6.07) is 9.93. The molecular weight excluding hydrogens is 504 g/mol. The minimum absolute atomic E-state index is 0.161. The lowest BCUT2D eigenvalue weighted by Crippen LogP contribution is -2.35. The fourth-order valence-corrected chi connectivity index (χ4v) is 6.25. The van der Waals surface area contributed by atoms with Gasteiger partial charge < -0.3 is 20.5 Å². The Hall–Kier alpha value is -3.12. The van der Waals surface area contributed by atoms with E-state index in [0.29, 0.717) is 16.6 Å². The van der Waals surface area contributed by atoms with Gasteiger partial charge in [-0.05, 0) is 61.6 Å². The molecule has 4 heterocycles. The molecule has 6 rings (SSSR count). The third-order valence-corrected chi connectivity index (χ3v) is 8.29. The first-order valence-electron chi connectivity index (χ1n) is 13.3. The molecular formula is C27H32N6O4S. The van der Waals surface area contributed by atoms with Gasteiger partial charge in [-0.1, -0.05) is 11.3 Å². The van der Waals surface area contributed by atoms with Crippen molar-refractivity contribution in [3.63, 3.8) is 0 Å². The second-order valence-corrected chi connectivity index (χ2v) is 11.2. The number of nitrogens with zero attached hydrogens (tertiary/aromatic N) is 4. The number of ether oxygens (including phenoxy) is 1. The Morgan fingerprint density at radius 3 is 2.47 bits per heavy atom. The number of imide groups is 1. The molecule has 2 saturated heterocycles. The quantitative estimate of drug-likeness (QED) is 0.389. The number of aliphatic hydroxyl groups is 1. The van der Waals surface area contributed by atoms with Gasteiger partial charge in [-0.25, -0.2) is 9.97 Å². The number of hydrogen-bond donors (Lipinski definition) is 3. The van der Waals surface area contributed by atoms with Crippen LogP contribution >= 0.6 is 11.3 Å². The molecule has 0 unspecified atom stereocenters. The fraction of sp³-hybridized carbons (Fsp3) is 0.481. The molecule has 0 radical (unpaired) electrons. The van der Waals surface area contributed by atoms with Crippen LogP contribution in [0.25, 0.3) is 10.2 Å². The van der Waals surface area contributed by atoms with Crippen molar-refractivity contribution in [2.45, 2.75) is 57.2 Å². The van der Waals surface area contributed by atoms with E-state index in [0.717, 1.165) is 80.1 Å². The molecule has 1 aliphatic carbocycles. The summed E-state index contributed by atoms with van der Waals surface area (Å²) in [4.78, 5) is 37.6. The summed E-state index contributed by atoms with van der Waals surface area (Å²) in [5, 5.41) is 17.5. The minimum atomic E-state index is -0.202. The smallest absolute Gasteiger partial charge is 0.234 e. The highest BCUT2D eigenvalue weighted by atomic mass is 32.1. The number of benzene rings is 1. The van der Waals surface area contributed by atoms with Crippen molar-refractivity contribution in [3.8, 4) is 0 Å². The zero-order chi connectivity index (χ0) is 26.1. The SMILES string of the molecule is O=C1CCC(=O)N1c1ccc2nc(Nc3cc(CN4CCOCC4)cc(NC4CCC(O)CC4)n3)sc2c1. The summed E-state index contributed by atoms with van der Waals surface area (Å²) < 4.78 is 6.40. The third kappa shape index (κ3) is 5.65. The van der Waals surface area contributed by atoms with Gasteiger partial charge in [0.1, 0.15) is 11.6 Å². The molecule has 0 bridgehead atoms. The Morgan fingerprint density at radius 2 is 1.71 bits per heavy atom. The first kappa shape index (κ1) is 25.2. The van der Waals surface area contributed by atoms with Crippen molar-refractivity contribution in [2.75, 3.05) is 41.8 Å². The molecule has 0 atom stereocenters. The van der Waals surface area contributed by atoms with Gasteiger partial charge in [0.2, 0.25) is 11.8 Å². The van der Waals surface area contributed by atoms with Gasteiger partial charge in [0.15, 0.2) is 5.13 Å². The number of carbonyl (C=O) groups is 2. The molecule has 11 heteroatoms. The van der Waals surface area contributed by atoms with Crippen molar-refractivity contribution in [1.82, 2.24) is 14.9 Å². The van der Waals surface area contributed by atoms with E-state index < -0.39 is 0 Å². The van der Waals surface area contributed by atoms with Crippen LogP contribution in [0, 0.1) is 0 Å². The van der Waals surface area contributed by atoms with E-state index in [1.165, 1.54) is 16.2 Å². The number of anilines is 4. The topological polar surface area (TPSA) is 120 Å². The van der Waals surface area contributed by atoms with Crippen LogP contribution in [0.4, 0.5) is 22.5 Å². The van der Waals surface area contributed by atoms with Gasteiger partial charge in [-0.2, -0.15) is 0 Å². The number of carbonyl (C=O) groups excluding carboxylic acids is 2. The minimum Gasteiger partial charge on any atom is -0.393 e. The van der Waals surface area contributed by atoms with Crippen LogP contribution in [0.15, 0.2) is 30.3 Å². The average molecular weight is 537 g/mol. The predicted molar refractivity (Wildman–Crippen MR) is 147 cm³/mol. The standard InChI is InChI=1S/C27H32N6O4S/c34-20-4-1-18(2-5-20)28-23-13-17(16-32-9-11-37-12-10-32)14-24(30-23)31-27-29-21-6-3-19(15-22(21)38-27)33-25(35)7-8-26(33)36/h3,6,13-15,18,20,34H,1-2,4-5,7-12,16H2,(H2,28,29,30,31). The molecule has 1 saturated carbocycles. The molecule has 3 aliphatic rings. The predicted octanol–water partition coefficient (Wildman–Crippen LogP) is 3.64. The summed E-state index contributed by atoms with van der Waals surface area (Å²) in [6.07, 6.45) is 3.76. The first-order valence-corrected chi connectivity index (χ1v) is 14.1. The van der Waals surface area contributed by atoms with Gasteiger partial charge in [0.25, 0.3) is 0 Å². The number of nitrogens with one attached hydrogen (secondary N) is 2. The maximum atomic E-state index is 12.2. The molecule has 3 aromatic rings. The van der Waals surface area contributed by atoms with E-state index in [-0.39, 0.29) is 36.8 Å². The summed E-state index contributed by atoms with van der Waals surface area (Å²) >= 11 is 1.46. The lowest BCUT2D eigenvalue weighted by Gasteiger charge is -2.28. The zero-order valence-corrected chi connectivity index (χ0v) is 22.0. The Morgan fingerprint density at radius 1 is 0.974 bits per heavy atom. The van der Waals surface area contributed by atoms with Gasteiger partial charge in [0, 0.05) is 38.5 Å². The molecule has 2 aromatic heterocycles. The number of morpholine rings is 1. The van der Waals surface area contributed by atoms with E-state index in [1.54, 1.807) is 6.07 Å². The van der Waals surface area contributed by atoms with Gasteiger partial charge in [-0.15, -0.1) is 0 Å². The largest absolute Gasteiger partial charge is 0.393 e. The number of aliphatic hydroxyl groups excluding tert-OH is 1. The summed E-state index contributed by atoms with van der Waals surface area (Å²) in [5.74, 6) is 1.20. The molecule has 3 N–H and O–H groups in total. The zero-order valence-electron chi connectivity index (χ0n) is 21.2. The Labute approximate surface area is 225 Å². The fourth-order valence-electron chi connectivity index (χ4n) is 5.34.